The zero-order chi connectivity index (χ0) is 11.6. The Morgan fingerprint density at radius 3 is 2.19 bits per heavy atom. The molecule has 1 rings (SSSR count). The minimum atomic E-state index is 0.356. The molecule has 16 heavy (non-hydrogen) atoms. The molecule has 4 nitrogen and oxygen atoms in total. The summed E-state index contributed by atoms with van der Waals surface area (Å²) >= 11 is 0. The van der Waals surface area contributed by atoms with Crippen LogP contribution in [0.5, 0.6) is 0 Å². The number of nitrogens with zero attached hydrogens (tertiary/aromatic N) is 2. The number of aromatic nitrogens is 3. The first-order valence-corrected chi connectivity index (χ1v) is 6.49. The van der Waals surface area contributed by atoms with E-state index in [1.54, 1.807) is 0 Å². The number of aromatic amines is 1. The molecule has 0 atom stereocenters. The molecule has 0 spiro atoms. The topological polar surface area (TPSA) is 67.6 Å². The Labute approximate surface area is 98.0 Å². The molecule has 4 heteroatoms. The zero-order valence-corrected chi connectivity index (χ0v) is 10.3. The average Bonchev–Trinajstić information content (AvgIpc) is 2.68. The molecule has 3 N–H and O–H groups in total. The van der Waals surface area contributed by atoms with E-state index in [0.29, 0.717) is 5.95 Å². The van der Waals surface area contributed by atoms with Crippen LogP contribution in [-0.4, -0.2) is 15.2 Å². The van der Waals surface area contributed by atoms with Gasteiger partial charge in [-0.3, -0.25) is 5.10 Å². The van der Waals surface area contributed by atoms with Gasteiger partial charge in [-0.1, -0.05) is 51.9 Å². The van der Waals surface area contributed by atoms with E-state index in [9.17, 15) is 0 Å². The quantitative estimate of drug-likeness (QED) is 0.633. The number of rotatable bonds is 9. The van der Waals surface area contributed by atoms with Crippen LogP contribution in [0.3, 0.4) is 0 Å². The van der Waals surface area contributed by atoms with E-state index in [2.05, 4.69) is 22.1 Å². The Morgan fingerprint density at radius 1 is 1.00 bits per heavy atom. The smallest absolute Gasteiger partial charge is 0.239 e. The predicted molar refractivity (Wildman–Crippen MR) is 67.1 cm³/mol. The maximum absolute atomic E-state index is 5.42. The Balaban J connectivity index is 1.88. The third-order valence-electron chi connectivity index (χ3n) is 2.82. The van der Waals surface area contributed by atoms with Crippen LogP contribution in [-0.2, 0) is 6.42 Å². The molecule has 0 aliphatic rings. The summed E-state index contributed by atoms with van der Waals surface area (Å²) in [5, 5.41) is 6.65. The summed E-state index contributed by atoms with van der Waals surface area (Å²) < 4.78 is 0. The van der Waals surface area contributed by atoms with Crippen molar-refractivity contribution in [3.8, 4) is 0 Å². The van der Waals surface area contributed by atoms with Crippen LogP contribution in [0.15, 0.2) is 0 Å². The molecule has 0 unspecified atom stereocenters. The van der Waals surface area contributed by atoms with Crippen LogP contribution >= 0.6 is 0 Å². The van der Waals surface area contributed by atoms with Gasteiger partial charge >= 0.3 is 0 Å². The summed E-state index contributed by atoms with van der Waals surface area (Å²) in [5.41, 5.74) is 5.42. The number of hydrogen-bond donors (Lipinski definition) is 2. The van der Waals surface area contributed by atoms with Gasteiger partial charge in [0.25, 0.3) is 0 Å². The largest absolute Gasteiger partial charge is 0.367 e. The molecule has 0 bridgehead atoms. The SMILES string of the molecule is CCCCCCCCCCc1nc(N)n[nH]1. The second-order valence-electron chi connectivity index (χ2n) is 4.37. The van der Waals surface area contributed by atoms with Gasteiger partial charge < -0.3 is 5.73 Å². The van der Waals surface area contributed by atoms with Crippen molar-refractivity contribution in [3.63, 3.8) is 0 Å². The van der Waals surface area contributed by atoms with Crippen molar-refractivity contribution >= 4 is 5.95 Å². The van der Waals surface area contributed by atoms with Gasteiger partial charge in [0.05, 0.1) is 0 Å². The maximum Gasteiger partial charge on any atom is 0.239 e. The molecule has 0 saturated carbocycles. The highest BCUT2D eigenvalue weighted by molar-refractivity contribution is 5.12. The number of nitrogens with two attached hydrogens (primary N) is 1. The lowest BCUT2D eigenvalue weighted by atomic mass is 10.1. The molecule has 0 radical (unpaired) electrons. The Kier molecular flexibility index (Phi) is 6.61. The van der Waals surface area contributed by atoms with Crippen molar-refractivity contribution in [2.75, 3.05) is 5.73 Å². The lowest BCUT2D eigenvalue weighted by molar-refractivity contribution is 0.572. The standard InChI is InChI=1S/C12H24N4/c1-2-3-4-5-6-7-8-9-10-11-14-12(13)16-15-11/h2-10H2,1H3,(H3,13,14,15,16). The lowest BCUT2D eigenvalue weighted by Gasteiger charge is -2.00. The number of H-pyrrole nitrogens is 1. The van der Waals surface area contributed by atoms with Crippen LogP contribution in [0, 0.1) is 0 Å². The number of nitrogens with one attached hydrogen (secondary N) is 1. The maximum atomic E-state index is 5.42. The fourth-order valence-electron chi connectivity index (χ4n) is 1.85. The molecule has 0 aliphatic carbocycles. The third-order valence-corrected chi connectivity index (χ3v) is 2.82. The van der Waals surface area contributed by atoms with Gasteiger partial charge in [0.1, 0.15) is 5.82 Å². The monoisotopic (exact) mass is 224 g/mol. The number of aryl methyl sites for hydroxylation is 1. The van der Waals surface area contributed by atoms with Crippen molar-refractivity contribution in [3.05, 3.63) is 5.82 Å². The molecule has 92 valence electrons. The highest BCUT2D eigenvalue weighted by atomic mass is 15.3. The van der Waals surface area contributed by atoms with E-state index in [1.165, 1.54) is 51.4 Å². The summed E-state index contributed by atoms with van der Waals surface area (Å²) in [6.45, 7) is 2.25. The van der Waals surface area contributed by atoms with Crippen molar-refractivity contribution in [1.29, 1.82) is 0 Å². The fourth-order valence-corrected chi connectivity index (χ4v) is 1.85. The molecular weight excluding hydrogens is 200 g/mol. The fraction of sp³-hybridized carbons (Fsp3) is 0.833. The van der Waals surface area contributed by atoms with Crippen LogP contribution in [0.2, 0.25) is 0 Å². The second kappa shape index (κ2) is 8.13. The minimum absolute atomic E-state index is 0.356. The molecule has 0 amide bonds. The first-order chi connectivity index (χ1) is 7.83. The number of unbranched alkanes of at least 4 members (excludes halogenated alkanes) is 7. The Hall–Kier alpha value is -1.06. The van der Waals surface area contributed by atoms with Gasteiger partial charge in [0.2, 0.25) is 5.95 Å². The van der Waals surface area contributed by atoms with Crippen LogP contribution < -0.4 is 5.73 Å². The van der Waals surface area contributed by atoms with E-state index in [-0.39, 0.29) is 0 Å². The molecule has 1 aromatic rings. The molecule has 0 fully saturated rings. The van der Waals surface area contributed by atoms with Crippen molar-refractivity contribution in [2.45, 2.75) is 64.7 Å². The number of anilines is 1. The third kappa shape index (κ3) is 5.73. The van der Waals surface area contributed by atoms with Crippen molar-refractivity contribution in [2.24, 2.45) is 0 Å². The first kappa shape index (κ1) is 13.0. The summed E-state index contributed by atoms with van der Waals surface area (Å²) in [7, 11) is 0. The first-order valence-electron chi connectivity index (χ1n) is 6.49. The van der Waals surface area contributed by atoms with Crippen LogP contribution in [0.25, 0.3) is 0 Å². The number of nitrogen functional groups attached to an aromatic ring is 1. The zero-order valence-electron chi connectivity index (χ0n) is 10.3. The van der Waals surface area contributed by atoms with Gasteiger partial charge in [-0.05, 0) is 6.42 Å². The highest BCUT2D eigenvalue weighted by Gasteiger charge is 1.98. The van der Waals surface area contributed by atoms with Gasteiger partial charge in [-0.25, -0.2) is 0 Å². The second-order valence-corrected chi connectivity index (χ2v) is 4.37. The molecular formula is C12H24N4. The van der Waals surface area contributed by atoms with E-state index >= 15 is 0 Å². The van der Waals surface area contributed by atoms with E-state index < -0.39 is 0 Å². The summed E-state index contributed by atoms with van der Waals surface area (Å²) in [6.07, 6.45) is 11.7. The predicted octanol–water partition coefficient (Wildman–Crippen LogP) is 3.07. The molecule has 1 heterocycles. The summed E-state index contributed by atoms with van der Waals surface area (Å²) in [4.78, 5) is 4.08. The summed E-state index contributed by atoms with van der Waals surface area (Å²) in [5.74, 6) is 1.28. The van der Waals surface area contributed by atoms with Crippen molar-refractivity contribution < 1.29 is 0 Å². The van der Waals surface area contributed by atoms with Crippen molar-refractivity contribution in [1.82, 2.24) is 15.2 Å². The Bertz CT molecular complexity index is 270. The Morgan fingerprint density at radius 2 is 1.62 bits per heavy atom. The van der Waals surface area contributed by atoms with Crippen LogP contribution in [0.4, 0.5) is 5.95 Å². The molecule has 0 saturated heterocycles. The summed E-state index contributed by atoms with van der Waals surface area (Å²) in [6, 6.07) is 0. The van der Waals surface area contributed by atoms with E-state index in [0.717, 1.165) is 12.2 Å². The number of hydrogen-bond acceptors (Lipinski definition) is 3. The van der Waals surface area contributed by atoms with Gasteiger partial charge in [-0.2, -0.15) is 4.98 Å². The molecule has 0 aromatic carbocycles. The lowest BCUT2D eigenvalue weighted by Crippen LogP contribution is -1.90. The van der Waals surface area contributed by atoms with E-state index in [4.69, 9.17) is 5.73 Å². The molecule has 0 aliphatic heterocycles. The normalized spacial score (nSPS) is 10.8. The highest BCUT2D eigenvalue weighted by Crippen LogP contribution is 2.09. The van der Waals surface area contributed by atoms with Gasteiger partial charge in [0.15, 0.2) is 0 Å². The van der Waals surface area contributed by atoms with Gasteiger partial charge in [0, 0.05) is 6.42 Å². The van der Waals surface area contributed by atoms with E-state index in [1.807, 2.05) is 0 Å². The van der Waals surface area contributed by atoms with Crippen LogP contribution in [0.1, 0.15) is 64.1 Å². The average molecular weight is 224 g/mol. The molecule has 1 aromatic heterocycles. The van der Waals surface area contributed by atoms with Gasteiger partial charge in [-0.15, -0.1) is 5.10 Å². The minimum Gasteiger partial charge on any atom is -0.367 e.